The Kier molecular flexibility index (Phi) is 3.12. The molecule has 0 amide bonds. The zero-order valence-electron chi connectivity index (χ0n) is 9.50. The Balaban J connectivity index is 2.33. The fraction of sp³-hybridized carbons (Fsp3) is 0. The third-order valence-corrected chi connectivity index (χ3v) is 3.78. The molecule has 0 unspecified atom stereocenters. The van der Waals surface area contributed by atoms with E-state index in [0.717, 1.165) is 0 Å². The summed E-state index contributed by atoms with van der Waals surface area (Å²) in [6, 6.07) is 12.6. The van der Waals surface area contributed by atoms with Gasteiger partial charge in [-0.25, -0.2) is 8.42 Å². The molecule has 18 heavy (non-hydrogen) atoms. The number of hydrogen-bond acceptors (Lipinski definition) is 4. The molecule has 6 heteroatoms. The summed E-state index contributed by atoms with van der Waals surface area (Å²) in [4.78, 5) is 0.139. The second-order valence-corrected chi connectivity index (χ2v) is 5.44. The smallest absolute Gasteiger partial charge is 0.261 e. The Hall–Kier alpha value is -2.21. The molecule has 0 radical (unpaired) electrons. The first-order valence-corrected chi connectivity index (χ1v) is 6.70. The molecule has 0 fully saturated rings. The monoisotopic (exact) mass is 263 g/mol. The molecule has 0 heterocycles. The minimum atomic E-state index is -3.64. The molecule has 0 spiro atoms. The lowest BCUT2D eigenvalue weighted by Crippen LogP contribution is -2.14. The van der Waals surface area contributed by atoms with Gasteiger partial charge in [-0.3, -0.25) is 4.72 Å². The molecule has 0 bridgehead atoms. The summed E-state index contributed by atoms with van der Waals surface area (Å²) in [6.45, 7) is 0. The summed E-state index contributed by atoms with van der Waals surface area (Å²) in [5, 5.41) is 0. The molecular formula is C12H13N3O2S. The van der Waals surface area contributed by atoms with Crippen LogP contribution < -0.4 is 16.2 Å². The summed E-state index contributed by atoms with van der Waals surface area (Å²) in [5.74, 6) is 0. The van der Waals surface area contributed by atoms with Gasteiger partial charge in [-0.15, -0.1) is 0 Å². The lowest BCUT2D eigenvalue weighted by atomic mass is 10.3. The Morgan fingerprint density at radius 1 is 0.889 bits per heavy atom. The van der Waals surface area contributed by atoms with Crippen LogP contribution in [0.25, 0.3) is 0 Å². The van der Waals surface area contributed by atoms with Crippen LogP contribution in [0.2, 0.25) is 0 Å². The molecule has 0 aliphatic heterocycles. The summed E-state index contributed by atoms with van der Waals surface area (Å²) < 4.78 is 26.5. The Labute approximate surface area is 105 Å². The maximum Gasteiger partial charge on any atom is 0.261 e. The van der Waals surface area contributed by atoms with Crippen molar-refractivity contribution >= 4 is 27.1 Å². The van der Waals surface area contributed by atoms with E-state index in [1.54, 1.807) is 24.3 Å². The van der Waals surface area contributed by atoms with E-state index in [9.17, 15) is 8.42 Å². The Bertz CT molecular complexity index is 651. The van der Waals surface area contributed by atoms with Gasteiger partial charge in [-0.2, -0.15) is 0 Å². The predicted molar refractivity (Wildman–Crippen MR) is 72.5 cm³/mol. The summed E-state index contributed by atoms with van der Waals surface area (Å²) in [5.41, 5.74) is 12.4. The highest BCUT2D eigenvalue weighted by Gasteiger charge is 2.14. The van der Waals surface area contributed by atoms with Crippen molar-refractivity contribution < 1.29 is 8.42 Å². The Morgan fingerprint density at radius 2 is 1.50 bits per heavy atom. The molecule has 2 aromatic carbocycles. The van der Waals surface area contributed by atoms with Gasteiger partial charge in [-0.1, -0.05) is 12.1 Å². The van der Waals surface area contributed by atoms with E-state index in [2.05, 4.69) is 4.72 Å². The normalized spacial score (nSPS) is 11.1. The summed E-state index contributed by atoms with van der Waals surface area (Å²) >= 11 is 0. The van der Waals surface area contributed by atoms with Gasteiger partial charge < -0.3 is 11.5 Å². The number of rotatable bonds is 3. The largest absolute Gasteiger partial charge is 0.399 e. The van der Waals surface area contributed by atoms with E-state index in [1.807, 2.05) is 0 Å². The molecule has 0 saturated carbocycles. The first kappa shape index (κ1) is 12.3. The van der Waals surface area contributed by atoms with Crippen molar-refractivity contribution in [2.45, 2.75) is 4.90 Å². The number of nitrogens with one attached hydrogen (secondary N) is 1. The van der Waals surface area contributed by atoms with Gasteiger partial charge in [0.15, 0.2) is 0 Å². The molecule has 94 valence electrons. The highest BCUT2D eigenvalue weighted by atomic mass is 32.2. The van der Waals surface area contributed by atoms with Gasteiger partial charge >= 0.3 is 0 Å². The van der Waals surface area contributed by atoms with Gasteiger partial charge in [0.1, 0.15) is 0 Å². The third-order valence-electron chi connectivity index (χ3n) is 2.40. The van der Waals surface area contributed by atoms with Crippen LogP contribution in [0, 0.1) is 0 Å². The van der Waals surface area contributed by atoms with Crippen LogP contribution in [0.15, 0.2) is 53.4 Å². The highest BCUT2D eigenvalue weighted by Crippen LogP contribution is 2.21. The SMILES string of the molecule is Nc1ccc(S(=O)(=O)Nc2ccccc2N)cc1. The summed E-state index contributed by atoms with van der Waals surface area (Å²) in [6.07, 6.45) is 0. The molecule has 0 aliphatic rings. The second kappa shape index (κ2) is 4.58. The fourth-order valence-electron chi connectivity index (χ4n) is 1.44. The van der Waals surface area contributed by atoms with Crippen molar-refractivity contribution in [3.63, 3.8) is 0 Å². The van der Waals surface area contributed by atoms with Crippen LogP contribution >= 0.6 is 0 Å². The van der Waals surface area contributed by atoms with Crippen LogP contribution in [-0.2, 0) is 10.0 Å². The predicted octanol–water partition coefficient (Wildman–Crippen LogP) is 1.65. The van der Waals surface area contributed by atoms with Gasteiger partial charge in [0.05, 0.1) is 16.3 Å². The standard InChI is InChI=1S/C12H13N3O2S/c13-9-5-7-10(8-6-9)18(16,17)15-12-4-2-1-3-11(12)14/h1-8,15H,13-14H2. The quantitative estimate of drug-likeness (QED) is 0.733. The van der Waals surface area contributed by atoms with Crippen molar-refractivity contribution in [3.05, 3.63) is 48.5 Å². The topological polar surface area (TPSA) is 98.2 Å². The molecule has 0 atom stereocenters. The fourth-order valence-corrected chi connectivity index (χ4v) is 2.53. The maximum absolute atomic E-state index is 12.1. The third kappa shape index (κ3) is 2.54. The van der Waals surface area contributed by atoms with E-state index in [-0.39, 0.29) is 4.90 Å². The van der Waals surface area contributed by atoms with E-state index >= 15 is 0 Å². The van der Waals surface area contributed by atoms with E-state index in [1.165, 1.54) is 24.3 Å². The molecular weight excluding hydrogens is 250 g/mol. The van der Waals surface area contributed by atoms with Crippen molar-refractivity contribution in [1.82, 2.24) is 0 Å². The minimum Gasteiger partial charge on any atom is -0.399 e. The average molecular weight is 263 g/mol. The molecule has 0 saturated heterocycles. The van der Waals surface area contributed by atoms with Crippen molar-refractivity contribution in [2.75, 3.05) is 16.2 Å². The lowest BCUT2D eigenvalue weighted by molar-refractivity contribution is 0.601. The average Bonchev–Trinajstić information content (AvgIpc) is 2.32. The number of nitrogens with two attached hydrogens (primary N) is 2. The number of hydrogen-bond donors (Lipinski definition) is 3. The zero-order valence-corrected chi connectivity index (χ0v) is 10.3. The summed E-state index contributed by atoms with van der Waals surface area (Å²) in [7, 11) is -3.64. The number of nitrogen functional groups attached to an aromatic ring is 2. The van der Waals surface area contributed by atoms with Crippen LogP contribution in [0.4, 0.5) is 17.1 Å². The van der Waals surface area contributed by atoms with Crippen LogP contribution in [0.5, 0.6) is 0 Å². The molecule has 5 N–H and O–H groups in total. The number of para-hydroxylation sites is 2. The zero-order chi connectivity index (χ0) is 13.2. The van der Waals surface area contributed by atoms with Crippen molar-refractivity contribution in [3.8, 4) is 0 Å². The molecule has 5 nitrogen and oxygen atoms in total. The highest BCUT2D eigenvalue weighted by molar-refractivity contribution is 7.92. The molecule has 0 aliphatic carbocycles. The minimum absolute atomic E-state index is 0.139. The Morgan fingerprint density at radius 3 is 2.11 bits per heavy atom. The maximum atomic E-state index is 12.1. The van der Waals surface area contributed by atoms with E-state index in [0.29, 0.717) is 17.1 Å². The first-order valence-electron chi connectivity index (χ1n) is 5.22. The first-order chi connectivity index (χ1) is 8.49. The lowest BCUT2D eigenvalue weighted by Gasteiger charge is -2.10. The molecule has 0 aromatic heterocycles. The van der Waals surface area contributed by atoms with Crippen LogP contribution in [0.1, 0.15) is 0 Å². The van der Waals surface area contributed by atoms with Gasteiger partial charge in [0.2, 0.25) is 0 Å². The van der Waals surface area contributed by atoms with Gasteiger partial charge in [0, 0.05) is 5.69 Å². The van der Waals surface area contributed by atoms with E-state index < -0.39 is 10.0 Å². The van der Waals surface area contributed by atoms with E-state index in [4.69, 9.17) is 11.5 Å². The van der Waals surface area contributed by atoms with Crippen molar-refractivity contribution in [2.24, 2.45) is 0 Å². The number of benzene rings is 2. The van der Waals surface area contributed by atoms with Gasteiger partial charge in [-0.05, 0) is 36.4 Å². The number of sulfonamides is 1. The van der Waals surface area contributed by atoms with Crippen LogP contribution in [-0.4, -0.2) is 8.42 Å². The number of anilines is 3. The van der Waals surface area contributed by atoms with Gasteiger partial charge in [0.25, 0.3) is 10.0 Å². The second-order valence-electron chi connectivity index (χ2n) is 3.76. The molecule has 2 aromatic rings. The molecule has 2 rings (SSSR count). The van der Waals surface area contributed by atoms with Crippen LogP contribution in [0.3, 0.4) is 0 Å². The van der Waals surface area contributed by atoms with Crippen molar-refractivity contribution in [1.29, 1.82) is 0 Å².